The number of rotatable bonds is 5. The molecule has 1 aliphatic rings. The Hall–Kier alpha value is -3.25. The fraction of sp³-hybridized carbons (Fsp3) is 0.391. The SMILES string of the molecule is CC1(C)CC(O)(c2ncc(-c3cc(N)cc(Nc4cc(C(F)(F)F)ccn4)n3)s2)CCC1C(=O)O. The maximum Gasteiger partial charge on any atom is 0.416 e. The number of aliphatic carboxylic acids is 1. The van der Waals surface area contributed by atoms with E-state index in [9.17, 15) is 28.2 Å². The molecule has 0 aromatic carbocycles. The highest BCUT2D eigenvalue weighted by Gasteiger charge is 2.49. The summed E-state index contributed by atoms with van der Waals surface area (Å²) in [6.07, 6.45) is -1.09. The van der Waals surface area contributed by atoms with Gasteiger partial charge in [0.25, 0.3) is 0 Å². The van der Waals surface area contributed by atoms with Gasteiger partial charge in [0.2, 0.25) is 0 Å². The van der Waals surface area contributed by atoms with Crippen LogP contribution < -0.4 is 11.1 Å². The molecular formula is C23H24F3N5O3S. The second kappa shape index (κ2) is 8.76. The Morgan fingerprint density at radius 3 is 2.63 bits per heavy atom. The lowest BCUT2D eigenvalue weighted by Gasteiger charge is -2.44. The smallest absolute Gasteiger partial charge is 0.416 e. The lowest BCUT2D eigenvalue weighted by molar-refractivity contribution is -0.154. The number of anilines is 3. The molecule has 2 atom stereocenters. The number of carbonyl (C=O) groups is 1. The first-order valence-electron chi connectivity index (χ1n) is 10.8. The van der Waals surface area contributed by atoms with E-state index in [0.717, 1.165) is 18.3 Å². The number of carboxylic acid groups (broad SMARTS) is 1. The lowest BCUT2D eigenvalue weighted by Crippen LogP contribution is -2.44. The zero-order valence-corrected chi connectivity index (χ0v) is 19.7. The molecule has 0 saturated heterocycles. The molecule has 35 heavy (non-hydrogen) atoms. The predicted molar refractivity (Wildman–Crippen MR) is 125 cm³/mol. The molecule has 1 aliphatic carbocycles. The van der Waals surface area contributed by atoms with Crippen molar-refractivity contribution in [2.75, 3.05) is 11.1 Å². The molecule has 3 heterocycles. The fourth-order valence-electron chi connectivity index (χ4n) is 4.54. The first kappa shape index (κ1) is 24.9. The minimum Gasteiger partial charge on any atom is -0.481 e. The van der Waals surface area contributed by atoms with Gasteiger partial charge >= 0.3 is 12.1 Å². The molecule has 4 rings (SSSR count). The highest BCUT2D eigenvalue weighted by atomic mass is 32.1. The van der Waals surface area contributed by atoms with E-state index in [1.54, 1.807) is 12.3 Å². The van der Waals surface area contributed by atoms with Gasteiger partial charge in [-0.3, -0.25) is 4.79 Å². The number of pyridine rings is 2. The quantitative estimate of drug-likeness (QED) is 0.377. The Bertz CT molecular complexity index is 1260. The Balaban J connectivity index is 1.59. The van der Waals surface area contributed by atoms with Crippen molar-refractivity contribution in [1.29, 1.82) is 0 Å². The van der Waals surface area contributed by atoms with Crippen molar-refractivity contribution in [2.24, 2.45) is 11.3 Å². The van der Waals surface area contributed by atoms with Crippen LogP contribution in [0.15, 0.2) is 36.7 Å². The molecule has 3 aromatic heterocycles. The predicted octanol–water partition coefficient (Wildman–Crippen LogP) is 5.04. The molecule has 0 spiro atoms. The summed E-state index contributed by atoms with van der Waals surface area (Å²) in [6.45, 7) is 3.65. The van der Waals surface area contributed by atoms with Crippen LogP contribution in [0.4, 0.5) is 30.5 Å². The number of hydrogen-bond acceptors (Lipinski definition) is 8. The Kier molecular flexibility index (Phi) is 6.22. The maximum absolute atomic E-state index is 13.0. The average molecular weight is 508 g/mol. The highest BCUT2D eigenvalue weighted by molar-refractivity contribution is 7.15. The van der Waals surface area contributed by atoms with Crippen LogP contribution in [0.1, 0.15) is 43.7 Å². The van der Waals surface area contributed by atoms with Gasteiger partial charge in [0, 0.05) is 24.1 Å². The van der Waals surface area contributed by atoms with Crippen LogP contribution in [-0.4, -0.2) is 31.1 Å². The first-order chi connectivity index (χ1) is 16.3. The molecule has 1 fully saturated rings. The van der Waals surface area contributed by atoms with Crippen LogP contribution in [0, 0.1) is 11.3 Å². The summed E-state index contributed by atoms with van der Waals surface area (Å²) in [5, 5.41) is 24.0. The van der Waals surface area contributed by atoms with Crippen molar-refractivity contribution in [1.82, 2.24) is 15.0 Å². The normalized spacial score (nSPS) is 22.1. The van der Waals surface area contributed by atoms with Gasteiger partial charge in [-0.15, -0.1) is 11.3 Å². The number of aliphatic hydroxyl groups is 1. The summed E-state index contributed by atoms with van der Waals surface area (Å²) in [5.74, 6) is -1.28. The van der Waals surface area contributed by atoms with Crippen molar-refractivity contribution < 1.29 is 28.2 Å². The minimum atomic E-state index is -4.51. The number of nitrogen functional groups attached to an aromatic ring is 1. The number of hydrogen-bond donors (Lipinski definition) is 4. The zero-order chi connectivity index (χ0) is 25.6. The van der Waals surface area contributed by atoms with Crippen molar-refractivity contribution in [3.8, 4) is 10.6 Å². The topological polar surface area (TPSA) is 134 Å². The van der Waals surface area contributed by atoms with Crippen LogP contribution in [-0.2, 0) is 16.6 Å². The van der Waals surface area contributed by atoms with Crippen LogP contribution in [0.3, 0.4) is 0 Å². The monoisotopic (exact) mass is 507 g/mol. The molecule has 0 amide bonds. The van der Waals surface area contributed by atoms with Gasteiger partial charge in [0.05, 0.1) is 22.1 Å². The van der Waals surface area contributed by atoms with Crippen LogP contribution in [0.2, 0.25) is 0 Å². The molecule has 3 aromatic rings. The largest absolute Gasteiger partial charge is 0.481 e. The van der Waals surface area contributed by atoms with Gasteiger partial charge < -0.3 is 21.3 Å². The lowest BCUT2D eigenvalue weighted by atomic mass is 9.63. The van der Waals surface area contributed by atoms with E-state index in [0.29, 0.717) is 27.7 Å². The number of carboxylic acids is 1. The minimum absolute atomic E-state index is 0.0411. The highest BCUT2D eigenvalue weighted by Crippen LogP contribution is 2.50. The molecule has 1 saturated carbocycles. The average Bonchev–Trinajstić information content (AvgIpc) is 3.23. The summed E-state index contributed by atoms with van der Waals surface area (Å²) < 4.78 is 39.0. The number of nitrogens with one attached hydrogen (secondary N) is 1. The Morgan fingerprint density at radius 2 is 1.97 bits per heavy atom. The molecule has 2 unspecified atom stereocenters. The number of aromatic nitrogens is 3. The molecule has 12 heteroatoms. The third-order valence-electron chi connectivity index (χ3n) is 6.18. The van der Waals surface area contributed by atoms with E-state index in [1.807, 2.05) is 13.8 Å². The van der Waals surface area contributed by atoms with Crippen LogP contribution >= 0.6 is 11.3 Å². The van der Waals surface area contributed by atoms with E-state index in [4.69, 9.17) is 5.73 Å². The first-order valence-corrected chi connectivity index (χ1v) is 11.6. The fourth-order valence-corrected chi connectivity index (χ4v) is 5.53. The summed E-state index contributed by atoms with van der Waals surface area (Å²) in [7, 11) is 0. The van der Waals surface area contributed by atoms with Crippen molar-refractivity contribution in [3.05, 3.63) is 47.2 Å². The Morgan fingerprint density at radius 1 is 1.23 bits per heavy atom. The van der Waals surface area contributed by atoms with Gasteiger partial charge in [0.15, 0.2) is 0 Å². The summed E-state index contributed by atoms with van der Waals surface area (Å²) in [4.78, 5) is 24.9. The summed E-state index contributed by atoms with van der Waals surface area (Å²) in [6, 6.07) is 4.81. The molecule has 5 N–H and O–H groups in total. The molecular weight excluding hydrogens is 483 g/mol. The van der Waals surface area contributed by atoms with Crippen molar-refractivity contribution in [3.63, 3.8) is 0 Å². The van der Waals surface area contributed by atoms with Crippen molar-refractivity contribution in [2.45, 2.75) is 44.9 Å². The second-order valence-corrected chi connectivity index (χ2v) is 10.4. The van der Waals surface area contributed by atoms with E-state index in [2.05, 4.69) is 20.3 Å². The maximum atomic E-state index is 13.0. The number of halogens is 3. The molecule has 8 nitrogen and oxygen atoms in total. The van der Waals surface area contributed by atoms with Gasteiger partial charge in [-0.25, -0.2) is 15.0 Å². The molecule has 186 valence electrons. The van der Waals surface area contributed by atoms with E-state index < -0.39 is 34.6 Å². The molecule has 0 radical (unpaired) electrons. The number of alkyl halides is 3. The van der Waals surface area contributed by atoms with Gasteiger partial charge in [-0.1, -0.05) is 13.8 Å². The number of nitrogens with two attached hydrogens (primary N) is 1. The van der Waals surface area contributed by atoms with Gasteiger partial charge in [-0.2, -0.15) is 13.2 Å². The van der Waals surface area contributed by atoms with Crippen LogP contribution in [0.25, 0.3) is 10.6 Å². The molecule has 0 bridgehead atoms. The van der Waals surface area contributed by atoms with Crippen LogP contribution in [0.5, 0.6) is 0 Å². The van der Waals surface area contributed by atoms with E-state index in [1.165, 1.54) is 17.4 Å². The van der Waals surface area contributed by atoms with Crippen molar-refractivity contribution >= 4 is 34.6 Å². The zero-order valence-electron chi connectivity index (χ0n) is 18.9. The standard InChI is InChI=1S/C23H24F3N5O3S/c1-21(2)11-22(34,5-3-14(21)19(32)33)20-29-10-16(35-20)15-8-13(27)9-18(30-15)31-17-7-12(4-6-28-17)23(24,25)26/h4,6-10,14,34H,3,5,11H2,1-2H3,(H,32,33)(H3,27,28,30,31). The van der Waals surface area contributed by atoms with Gasteiger partial charge in [0.1, 0.15) is 22.2 Å². The molecule has 0 aliphatic heterocycles. The summed E-state index contributed by atoms with van der Waals surface area (Å²) >= 11 is 1.21. The third kappa shape index (κ3) is 5.22. The van der Waals surface area contributed by atoms with E-state index >= 15 is 0 Å². The van der Waals surface area contributed by atoms with E-state index in [-0.39, 0.29) is 24.5 Å². The second-order valence-electron chi connectivity index (χ2n) is 9.38. The summed E-state index contributed by atoms with van der Waals surface area (Å²) in [5.41, 5.74) is 3.99. The number of thiazole rings is 1. The third-order valence-corrected chi connectivity index (χ3v) is 7.40. The van der Waals surface area contributed by atoms with Gasteiger partial charge in [-0.05, 0) is 42.9 Å². The Labute approximate surface area is 203 Å². The number of nitrogens with zero attached hydrogens (tertiary/aromatic N) is 3.